The Hall–Kier alpha value is -1.56. The van der Waals surface area contributed by atoms with E-state index >= 15 is 0 Å². The fourth-order valence-electron chi connectivity index (χ4n) is 3.59. The van der Waals surface area contributed by atoms with Gasteiger partial charge in [0, 0.05) is 32.7 Å². The standard InChI is InChI=1S/C18H27N3O2S/c1-2-18(7-4-8-18)14-19-17(23)21-10-5-9-20(11-12-21)16(22)15-6-3-13-24-15/h3,6,13H,2,4-5,7-12,14H2,1H3,(H,19,23). The van der Waals surface area contributed by atoms with Crippen molar-refractivity contribution in [2.75, 3.05) is 32.7 Å². The topological polar surface area (TPSA) is 52.7 Å². The first-order chi connectivity index (χ1) is 11.6. The monoisotopic (exact) mass is 349 g/mol. The highest BCUT2D eigenvalue weighted by molar-refractivity contribution is 7.12. The second kappa shape index (κ2) is 7.55. The van der Waals surface area contributed by atoms with Crippen LogP contribution in [0.15, 0.2) is 17.5 Å². The maximum atomic E-state index is 12.5. The van der Waals surface area contributed by atoms with E-state index in [0.29, 0.717) is 18.5 Å². The van der Waals surface area contributed by atoms with Gasteiger partial charge in [0.25, 0.3) is 5.91 Å². The molecule has 0 spiro atoms. The van der Waals surface area contributed by atoms with Crippen molar-refractivity contribution in [1.29, 1.82) is 0 Å². The summed E-state index contributed by atoms with van der Waals surface area (Å²) in [6.45, 7) is 5.67. The third-order valence-corrected chi connectivity index (χ3v) is 6.44. The SMILES string of the molecule is CCC1(CNC(=O)N2CCCN(C(=O)c3cccs3)CC2)CCC1. The summed E-state index contributed by atoms with van der Waals surface area (Å²) in [4.78, 5) is 29.4. The van der Waals surface area contributed by atoms with E-state index in [1.54, 1.807) is 0 Å². The lowest BCUT2D eigenvalue weighted by Gasteiger charge is -2.41. The first kappa shape index (κ1) is 17.3. The highest BCUT2D eigenvalue weighted by Crippen LogP contribution is 2.43. The number of amides is 3. The Morgan fingerprint density at radius 2 is 1.92 bits per heavy atom. The number of rotatable bonds is 4. The number of nitrogens with zero attached hydrogens (tertiary/aromatic N) is 2. The molecule has 3 amide bonds. The van der Waals surface area contributed by atoms with Crippen molar-refractivity contribution in [2.24, 2.45) is 5.41 Å². The lowest BCUT2D eigenvalue weighted by atomic mass is 9.67. The maximum Gasteiger partial charge on any atom is 0.317 e. The molecule has 0 aromatic carbocycles. The fraction of sp³-hybridized carbons (Fsp3) is 0.667. The van der Waals surface area contributed by atoms with Gasteiger partial charge in [-0.3, -0.25) is 4.79 Å². The van der Waals surface area contributed by atoms with Crippen LogP contribution in [-0.4, -0.2) is 54.5 Å². The Morgan fingerprint density at radius 3 is 2.54 bits per heavy atom. The molecule has 1 aromatic heterocycles. The molecular formula is C18H27N3O2S. The van der Waals surface area contributed by atoms with Crippen molar-refractivity contribution in [3.05, 3.63) is 22.4 Å². The molecule has 1 saturated carbocycles. The van der Waals surface area contributed by atoms with Gasteiger partial charge in [0.15, 0.2) is 0 Å². The lowest BCUT2D eigenvalue weighted by molar-refractivity contribution is 0.0766. The molecule has 5 nitrogen and oxygen atoms in total. The van der Waals surface area contributed by atoms with Crippen LogP contribution in [0.2, 0.25) is 0 Å². The van der Waals surface area contributed by atoms with Gasteiger partial charge < -0.3 is 15.1 Å². The minimum atomic E-state index is 0.0279. The molecule has 1 saturated heterocycles. The molecule has 0 bridgehead atoms. The van der Waals surface area contributed by atoms with E-state index in [1.807, 2.05) is 27.3 Å². The molecule has 1 aliphatic carbocycles. The molecule has 1 aliphatic heterocycles. The molecule has 0 atom stereocenters. The van der Waals surface area contributed by atoms with Gasteiger partial charge in [-0.2, -0.15) is 0 Å². The van der Waals surface area contributed by atoms with E-state index in [-0.39, 0.29) is 11.9 Å². The van der Waals surface area contributed by atoms with Crippen LogP contribution < -0.4 is 5.32 Å². The summed E-state index contributed by atoms with van der Waals surface area (Å²) in [7, 11) is 0. The molecule has 3 rings (SSSR count). The van der Waals surface area contributed by atoms with Crippen LogP contribution in [0.1, 0.15) is 48.7 Å². The summed E-state index contributed by atoms with van der Waals surface area (Å²) < 4.78 is 0. The molecule has 1 N–H and O–H groups in total. The second-order valence-electron chi connectivity index (χ2n) is 6.98. The van der Waals surface area contributed by atoms with Crippen LogP contribution in [0.5, 0.6) is 0 Å². The molecule has 1 aromatic rings. The molecule has 24 heavy (non-hydrogen) atoms. The Kier molecular flexibility index (Phi) is 5.43. The third kappa shape index (κ3) is 3.74. The lowest BCUT2D eigenvalue weighted by Crippen LogP contribution is -2.48. The van der Waals surface area contributed by atoms with Crippen molar-refractivity contribution >= 4 is 23.3 Å². The zero-order valence-corrected chi connectivity index (χ0v) is 15.2. The molecule has 2 fully saturated rings. The summed E-state index contributed by atoms with van der Waals surface area (Å²) in [6.07, 6.45) is 5.72. The third-order valence-electron chi connectivity index (χ3n) is 5.58. The summed E-state index contributed by atoms with van der Waals surface area (Å²) in [5.74, 6) is 0.0895. The normalized spacial score (nSPS) is 20.2. The molecule has 2 heterocycles. The van der Waals surface area contributed by atoms with Gasteiger partial charge in [-0.05, 0) is 42.5 Å². The van der Waals surface area contributed by atoms with Gasteiger partial charge in [-0.25, -0.2) is 4.79 Å². The van der Waals surface area contributed by atoms with Gasteiger partial charge in [0.1, 0.15) is 0 Å². The Bertz CT molecular complexity index is 563. The van der Waals surface area contributed by atoms with Gasteiger partial charge in [-0.15, -0.1) is 11.3 Å². The Labute approximate surface area is 148 Å². The summed E-state index contributed by atoms with van der Waals surface area (Å²) in [5.41, 5.74) is 0.336. The predicted molar refractivity (Wildman–Crippen MR) is 96.4 cm³/mol. The van der Waals surface area contributed by atoms with Crippen LogP contribution in [0.4, 0.5) is 4.79 Å². The van der Waals surface area contributed by atoms with E-state index in [4.69, 9.17) is 0 Å². The summed E-state index contributed by atoms with van der Waals surface area (Å²) in [6, 6.07) is 3.80. The molecule has 0 radical (unpaired) electrons. The minimum Gasteiger partial charge on any atom is -0.337 e. The van der Waals surface area contributed by atoms with Gasteiger partial charge in [-0.1, -0.05) is 19.4 Å². The fourth-order valence-corrected chi connectivity index (χ4v) is 4.28. The zero-order chi connectivity index (χ0) is 17.0. The smallest absolute Gasteiger partial charge is 0.317 e. The van der Waals surface area contributed by atoms with Crippen molar-refractivity contribution in [3.63, 3.8) is 0 Å². The van der Waals surface area contributed by atoms with Crippen molar-refractivity contribution in [3.8, 4) is 0 Å². The largest absolute Gasteiger partial charge is 0.337 e. The van der Waals surface area contributed by atoms with Gasteiger partial charge >= 0.3 is 6.03 Å². The Morgan fingerprint density at radius 1 is 1.17 bits per heavy atom. The zero-order valence-electron chi connectivity index (χ0n) is 14.4. The van der Waals surface area contributed by atoms with Crippen LogP contribution >= 0.6 is 11.3 Å². The van der Waals surface area contributed by atoms with E-state index in [2.05, 4.69) is 12.2 Å². The van der Waals surface area contributed by atoms with E-state index in [9.17, 15) is 9.59 Å². The molecule has 6 heteroatoms. The highest BCUT2D eigenvalue weighted by Gasteiger charge is 2.35. The van der Waals surface area contributed by atoms with E-state index in [1.165, 1.54) is 30.6 Å². The highest BCUT2D eigenvalue weighted by atomic mass is 32.1. The molecular weight excluding hydrogens is 322 g/mol. The number of hydrogen-bond acceptors (Lipinski definition) is 3. The first-order valence-electron chi connectivity index (χ1n) is 8.99. The van der Waals surface area contributed by atoms with Gasteiger partial charge in [0.05, 0.1) is 4.88 Å². The number of carbonyl (C=O) groups excluding carboxylic acids is 2. The van der Waals surface area contributed by atoms with Crippen LogP contribution in [0.3, 0.4) is 0 Å². The quantitative estimate of drug-likeness (QED) is 0.908. The number of hydrogen-bond donors (Lipinski definition) is 1. The summed E-state index contributed by atoms with van der Waals surface area (Å²) in [5, 5.41) is 5.06. The molecule has 132 valence electrons. The van der Waals surface area contributed by atoms with E-state index < -0.39 is 0 Å². The van der Waals surface area contributed by atoms with Crippen LogP contribution in [0, 0.1) is 5.41 Å². The van der Waals surface area contributed by atoms with Crippen molar-refractivity contribution in [2.45, 2.75) is 39.0 Å². The number of thiophene rings is 1. The second-order valence-corrected chi connectivity index (χ2v) is 7.92. The Balaban J connectivity index is 1.49. The average molecular weight is 350 g/mol. The van der Waals surface area contributed by atoms with Crippen LogP contribution in [-0.2, 0) is 0 Å². The number of urea groups is 1. The van der Waals surface area contributed by atoms with Crippen LogP contribution in [0.25, 0.3) is 0 Å². The number of nitrogens with one attached hydrogen (secondary N) is 1. The predicted octanol–water partition coefficient (Wildman–Crippen LogP) is 3.19. The number of carbonyl (C=O) groups is 2. The van der Waals surface area contributed by atoms with E-state index in [0.717, 1.165) is 37.4 Å². The minimum absolute atomic E-state index is 0.0279. The van der Waals surface area contributed by atoms with Crippen molar-refractivity contribution in [1.82, 2.24) is 15.1 Å². The first-order valence-corrected chi connectivity index (χ1v) is 9.87. The maximum absolute atomic E-state index is 12.5. The van der Waals surface area contributed by atoms with Crippen molar-refractivity contribution < 1.29 is 9.59 Å². The molecule has 2 aliphatic rings. The summed E-state index contributed by atoms with van der Waals surface area (Å²) >= 11 is 1.48. The molecule has 0 unspecified atom stereocenters. The van der Waals surface area contributed by atoms with Gasteiger partial charge in [0.2, 0.25) is 0 Å². The average Bonchev–Trinajstić information content (AvgIpc) is 2.98.